The third kappa shape index (κ3) is 4.61. The van der Waals surface area contributed by atoms with Gasteiger partial charge in [0.25, 0.3) is 5.56 Å². The van der Waals surface area contributed by atoms with Crippen LogP contribution >= 0.6 is 11.8 Å². The van der Waals surface area contributed by atoms with E-state index < -0.39 is 11.4 Å². The second kappa shape index (κ2) is 8.49. The fraction of sp³-hybridized carbons (Fsp3) is 0.444. The number of ether oxygens (including phenoxy) is 2. The number of nitrogens with one attached hydrogen (secondary N) is 1. The van der Waals surface area contributed by atoms with Crippen LogP contribution in [0.2, 0.25) is 0 Å². The Balaban J connectivity index is 1.84. The molecule has 1 fully saturated rings. The minimum atomic E-state index is -0.578. The Morgan fingerprint density at radius 1 is 1.44 bits per heavy atom. The number of rotatable bonds is 6. The molecule has 0 aliphatic carbocycles. The molecule has 1 aliphatic rings. The molecule has 0 amide bonds. The SMILES string of the molecule is CCOC=Cc1cc(F)c2c(=O)[nH]c(CSC3CCOCC3)nc2c1. The van der Waals surface area contributed by atoms with E-state index in [4.69, 9.17) is 9.47 Å². The molecule has 0 saturated carbocycles. The molecule has 0 spiro atoms. The van der Waals surface area contributed by atoms with Crippen LogP contribution in [0.4, 0.5) is 4.39 Å². The highest BCUT2D eigenvalue weighted by Crippen LogP contribution is 2.25. The molecule has 25 heavy (non-hydrogen) atoms. The highest BCUT2D eigenvalue weighted by molar-refractivity contribution is 7.99. The third-order valence-electron chi connectivity index (χ3n) is 3.98. The molecule has 1 aliphatic heterocycles. The van der Waals surface area contributed by atoms with E-state index in [0.717, 1.165) is 26.1 Å². The van der Waals surface area contributed by atoms with Crippen molar-refractivity contribution in [2.75, 3.05) is 19.8 Å². The largest absolute Gasteiger partial charge is 0.501 e. The molecule has 1 aromatic heterocycles. The maximum absolute atomic E-state index is 14.3. The molecule has 134 valence electrons. The summed E-state index contributed by atoms with van der Waals surface area (Å²) in [5, 5.41) is 0.500. The summed E-state index contributed by atoms with van der Waals surface area (Å²) in [5.41, 5.74) is 0.535. The first-order chi connectivity index (χ1) is 12.2. The summed E-state index contributed by atoms with van der Waals surface area (Å²) in [6.07, 6.45) is 5.17. The van der Waals surface area contributed by atoms with Gasteiger partial charge in [0.15, 0.2) is 0 Å². The summed E-state index contributed by atoms with van der Waals surface area (Å²) in [5.74, 6) is 0.585. The highest BCUT2D eigenvalue weighted by Gasteiger charge is 2.16. The van der Waals surface area contributed by atoms with Crippen LogP contribution in [-0.4, -0.2) is 35.0 Å². The van der Waals surface area contributed by atoms with Crippen molar-refractivity contribution in [3.63, 3.8) is 0 Å². The van der Waals surface area contributed by atoms with Crippen LogP contribution in [0, 0.1) is 5.82 Å². The summed E-state index contributed by atoms with van der Waals surface area (Å²) in [7, 11) is 0. The zero-order valence-corrected chi connectivity index (χ0v) is 14.9. The lowest BCUT2D eigenvalue weighted by molar-refractivity contribution is 0.1000. The maximum atomic E-state index is 14.3. The Kier molecular flexibility index (Phi) is 6.09. The summed E-state index contributed by atoms with van der Waals surface area (Å²) >= 11 is 1.75. The minimum absolute atomic E-state index is 0.00613. The standard InChI is InChI=1S/C18H21FN2O3S/c1-2-23-6-3-12-9-14(19)17-15(10-12)20-16(21-18(17)22)11-25-13-4-7-24-8-5-13/h3,6,9-10,13H,2,4-5,7-8,11H2,1H3,(H,20,21,22). The van der Waals surface area contributed by atoms with E-state index >= 15 is 0 Å². The molecule has 2 aromatic rings. The van der Waals surface area contributed by atoms with E-state index in [1.807, 2.05) is 6.92 Å². The monoisotopic (exact) mass is 364 g/mol. The molecule has 0 unspecified atom stereocenters. The van der Waals surface area contributed by atoms with Gasteiger partial charge in [0.05, 0.1) is 24.1 Å². The number of hydrogen-bond acceptors (Lipinski definition) is 5. The first-order valence-electron chi connectivity index (χ1n) is 8.37. The number of thioether (sulfide) groups is 1. The third-order valence-corrected chi connectivity index (χ3v) is 5.36. The van der Waals surface area contributed by atoms with Crippen molar-refractivity contribution in [3.8, 4) is 0 Å². The van der Waals surface area contributed by atoms with E-state index in [1.54, 1.807) is 23.9 Å². The predicted molar refractivity (Wildman–Crippen MR) is 98.1 cm³/mol. The molecule has 1 saturated heterocycles. The molecular formula is C18H21FN2O3S. The van der Waals surface area contributed by atoms with Crippen molar-refractivity contribution < 1.29 is 13.9 Å². The van der Waals surface area contributed by atoms with E-state index in [-0.39, 0.29) is 5.39 Å². The lowest BCUT2D eigenvalue weighted by Gasteiger charge is -2.21. The van der Waals surface area contributed by atoms with Crippen molar-refractivity contribution in [1.82, 2.24) is 9.97 Å². The first-order valence-corrected chi connectivity index (χ1v) is 9.42. The van der Waals surface area contributed by atoms with Crippen molar-refractivity contribution in [1.29, 1.82) is 0 Å². The van der Waals surface area contributed by atoms with Crippen molar-refractivity contribution >= 4 is 28.7 Å². The van der Waals surface area contributed by atoms with Gasteiger partial charge in [-0.2, -0.15) is 11.8 Å². The predicted octanol–water partition coefficient (Wildman–Crippen LogP) is 3.48. The second-order valence-electron chi connectivity index (χ2n) is 5.79. The number of H-pyrrole nitrogens is 1. The average Bonchev–Trinajstić information content (AvgIpc) is 2.60. The number of aromatic nitrogens is 2. The summed E-state index contributed by atoms with van der Waals surface area (Å²) in [4.78, 5) is 19.4. The van der Waals surface area contributed by atoms with Gasteiger partial charge < -0.3 is 14.5 Å². The summed E-state index contributed by atoms with van der Waals surface area (Å²) < 4.78 is 24.8. The highest BCUT2D eigenvalue weighted by atomic mass is 32.2. The zero-order valence-electron chi connectivity index (χ0n) is 14.1. The van der Waals surface area contributed by atoms with Crippen LogP contribution < -0.4 is 5.56 Å². The van der Waals surface area contributed by atoms with Gasteiger partial charge in [0.2, 0.25) is 0 Å². The van der Waals surface area contributed by atoms with Crippen LogP contribution in [-0.2, 0) is 15.2 Å². The molecule has 5 nitrogen and oxygen atoms in total. The molecule has 2 heterocycles. The van der Waals surface area contributed by atoms with Gasteiger partial charge in [0, 0.05) is 18.5 Å². The van der Waals surface area contributed by atoms with Crippen molar-refractivity contribution in [2.45, 2.75) is 30.8 Å². The fourth-order valence-electron chi connectivity index (χ4n) is 2.72. The van der Waals surface area contributed by atoms with E-state index in [0.29, 0.717) is 34.5 Å². The number of nitrogens with zero attached hydrogens (tertiary/aromatic N) is 1. The topological polar surface area (TPSA) is 64.2 Å². The molecule has 0 bridgehead atoms. The molecule has 3 rings (SSSR count). The number of aromatic amines is 1. The van der Waals surface area contributed by atoms with Gasteiger partial charge in [-0.15, -0.1) is 0 Å². The van der Waals surface area contributed by atoms with Gasteiger partial charge in [-0.3, -0.25) is 4.79 Å². The zero-order chi connectivity index (χ0) is 17.6. The van der Waals surface area contributed by atoms with Gasteiger partial charge in [0.1, 0.15) is 17.0 Å². The summed E-state index contributed by atoms with van der Waals surface area (Å²) in [6.45, 7) is 3.97. The minimum Gasteiger partial charge on any atom is -0.501 e. The number of fused-ring (bicyclic) bond motifs is 1. The lowest BCUT2D eigenvalue weighted by Crippen LogP contribution is -2.18. The second-order valence-corrected chi connectivity index (χ2v) is 7.08. The van der Waals surface area contributed by atoms with Crippen LogP contribution in [0.3, 0.4) is 0 Å². The van der Waals surface area contributed by atoms with Crippen LogP contribution in [0.25, 0.3) is 17.0 Å². The number of halogens is 1. The van der Waals surface area contributed by atoms with Crippen LogP contribution in [0.1, 0.15) is 31.2 Å². The Hall–Kier alpha value is -1.86. The van der Waals surface area contributed by atoms with Gasteiger partial charge in [-0.05, 0) is 43.5 Å². The first kappa shape index (κ1) is 17.9. The van der Waals surface area contributed by atoms with Crippen LogP contribution in [0.5, 0.6) is 0 Å². The molecule has 1 aromatic carbocycles. The molecule has 0 atom stereocenters. The maximum Gasteiger partial charge on any atom is 0.261 e. The van der Waals surface area contributed by atoms with E-state index in [2.05, 4.69) is 9.97 Å². The molecular weight excluding hydrogens is 343 g/mol. The van der Waals surface area contributed by atoms with Crippen molar-refractivity contribution in [3.05, 3.63) is 46.0 Å². The Bertz CT molecular complexity index is 816. The Labute approximate surface area is 149 Å². The van der Waals surface area contributed by atoms with E-state index in [1.165, 1.54) is 12.3 Å². The van der Waals surface area contributed by atoms with Gasteiger partial charge >= 0.3 is 0 Å². The van der Waals surface area contributed by atoms with Crippen molar-refractivity contribution in [2.24, 2.45) is 0 Å². The van der Waals surface area contributed by atoms with Gasteiger partial charge in [-0.25, -0.2) is 9.37 Å². The lowest BCUT2D eigenvalue weighted by atomic mass is 10.1. The average molecular weight is 364 g/mol. The van der Waals surface area contributed by atoms with E-state index in [9.17, 15) is 9.18 Å². The molecule has 1 N–H and O–H groups in total. The normalized spacial score (nSPS) is 15.9. The molecule has 0 radical (unpaired) electrons. The number of hydrogen-bond donors (Lipinski definition) is 1. The van der Waals surface area contributed by atoms with Crippen LogP contribution in [0.15, 0.2) is 23.2 Å². The molecule has 7 heteroatoms. The smallest absolute Gasteiger partial charge is 0.261 e. The summed E-state index contributed by atoms with van der Waals surface area (Å²) in [6, 6.07) is 3.01. The fourth-order valence-corrected chi connectivity index (χ4v) is 3.78. The Morgan fingerprint density at radius 2 is 2.24 bits per heavy atom. The quantitative estimate of drug-likeness (QED) is 0.795. The Morgan fingerprint density at radius 3 is 3.00 bits per heavy atom. The number of benzene rings is 1. The van der Waals surface area contributed by atoms with Gasteiger partial charge in [-0.1, -0.05) is 0 Å².